The van der Waals surface area contributed by atoms with Gasteiger partial charge in [-0.2, -0.15) is 5.26 Å². The molecule has 2 aromatic carbocycles. The molecule has 0 spiro atoms. The molecule has 126 valence electrons. The van der Waals surface area contributed by atoms with Gasteiger partial charge in [-0.3, -0.25) is 9.59 Å². The van der Waals surface area contributed by atoms with E-state index in [0.717, 1.165) is 0 Å². The Morgan fingerprint density at radius 2 is 1.80 bits per heavy atom. The number of rotatable bonds is 5. The van der Waals surface area contributed by atoms with E-state index in [1.165, 1.54) is 30.5 Å². The van der Waals surface area contributed by atoms with Crippen LogP contribution in [-0.4, -0.2) is 11.8 Å². The number of nitrogens with zero attached hydrogens (tertiary/aromatic N) is 1. The Hall–Kier alpha value is -3.01. The highest BCUT2D eigenvalue weighted by atomic mass is 35.5. The van der Waals surface area contributed by atoms with Crippen LogP contribution in [0, 0.1) is 11.3 Å². The Labute approximate surface area is 153 Å². The van der Waals surface area contributed by atoms with E-state index < -0.39 is 11.8 Å². The molecule has 0 aromatic heterocycles. The first-order valence-electron chi connectivity index (χ1n) is 6.94. The number of hydrogen-bond acceptors (Lipinski definition) is 4. The van der Waals surface area contributed by atoms with Gasteiger partial charge in [-0.25, -0.2) is 0 Å². The molecule has 0 unspecified atom stereocenters. The summed E-state index contributed by atoms with van der Waals surface area (Å²) in [5.41, 5.74) is 6.21. The van der Waals surface area contributed by atoms with Crippen LogP contribution < -0.4 is 16.4 Å². The van der Waals surface area contributed by atoms with E-state index in [9.17, 15) is 9.59 Å². The highest BCUT2D eigenvalue weighted by Crippen LogP contribution is 2.25. The van der Waals surface area contributed by atoms with Gasteiger partial charge in [-0.15, -0.1) is 0 Å². The third kappa shape index (κ3) is 4.98. The number of hydrogen-bond donors (Lipinski definition) is 3. The highest BCUT2D eigenvalue weighted by Gasteiger charge is 2.11. The summed E-state index contributed by atoms with van der Waals surface area (Å²) >= 11 is 11.8. The first kappa shape index (κ1) is 18.3. The minimum absolute atomic E-state index is 0.171. The Bertz CT molecular complexity index is 887. The Balaban J connectivity index is 2.11. The molecule has 0 aliphatic rings. The number of nitrogens with two attached hydrogens (primary N) is 1. The molecular weight excluding hydrogens is 363 g/mol. The molecule has 0 aliphatic carbocycles. The Kier molecular flexibility index (Phi) is 6.01. The number of nitrogens with one attached hydrogen (secondary N) is 2. The monoisotopic (exact) mass is 374 g/mol. The third-order valence-electron chi connectivity index (χ3n) is 3.09. The van der Waals surface area contributed by atoms with Crippen molar-refractivity contribution in [3.05, 3.63) is 69.8 Å². The van der Waals surface area contributed by atoms with E-state index in [4.69, 9.17) is 34.2 Å². The van der Waals surface area contributed by atoms with Gasteiger partial charge >= 0.3 is 0 Å². The fraction of sp³-hybridized carbons (Fsp3) is 0. The van der Waals surface area contributed by atoms with E-state index in [0.29, 0.717) is 27.0 Å². The summed E-state index contributed by atoms with van der Waals surface area (Å²) in [7, 11) is 0. The van der Waals surface area contributed by atoms with Crippen molar-refractivity contribution in [2.24, 2.45) is 5.73 Å². The standard InChI is InChI=1S/C17H12Cl2N4O2/c18-12-3-6-14(19)15(7-12)23-17(25)11(8-20)9-22-13-4-1-10(2-5-13)16(21)24/h1-7,9,22H,(H2,21,24)(H,23,25)/b11-9-. The number of anilines is 2. The van der Waals surface area contributed by atoms with Gasteiger partial charge in [0.05, 0.1) is 10.7 Å². The van der Waals surface area contributed by atoms with Crippen LogP contribution >= 0.6 is 23.2 Å². The predicted molar refractivity (Wildman–Crippen MR) is 97.4 cm³/mol. The molecule has 8 heteroatoms. The lowest BCUT2D eigenvalue weighted by atomic mass is 10.2. The number of carbonyl (C=O) groups is 2. The fourth-order valence-corrected chi connectivity index (χ4v) is 2.15. The van der Waals surface area contributed by atoms with Crippen LogP contribution in [0.5, 0.6) is 0 Å². The van der Waals surface area contributed by atoms with Crippen molar-refractivity contribution < 1.29 is 9.59 Å². The first-order chi connectivity index (χ1) is 11.9. The Morgan fingerprint density at radius 1 is 1.12 bits per heavy atom. The fourth-order valence-electron chi connectivity index (χ4n) is 1.82. The van der Waals surface area contributed by atoms with Crippen molar-refractivity contribution >= 4 is 46.4 Å². The molecule has 25 heavy (non-hydrogen) atoms. The van der Waals surface area contributed by atoms with Crippen molar-refractivity contribution in [3.63, 3.8) is 0 Å². The van der Waals surface area contributed by atoms with E-state index >= 15 is 0 Å². The number of amides is 2. The average molecular weight is 375 g/mol. The maximum atomic E-state index is 12.2. The average Bonchev–Trinajstić information content (AvgIpc) is 2.59. The van der Waals surface area contributed by atoms with Gasteiger partial charge in [0.15, 0.2) is 0 Å². The summed E-state index contributed by atoms with van der Waals surface area (Å²) in [6.07, 6.45) is 1.24. The minimum atomic E-state index is -0.645. The lowest BCUT2D eigenvalue weighted by Crippen LogP contribution is -2.15. The topological polar surface area (TPSA) is 108 Å². The molecule has 0 fully saturated rings. The number of primary amides is 1. The summed E-state index contributed by atoms with van der Waals surface area (Å²) < 4.78 is 0. The second-order valence-electron chi connectivity index (χ2n) is 4.83. The highest BCUT2D eigenvalue weighted by molar-refractivity contribution is 6.36. The maximum Gasteiger partial charge on any atom is 0.267 e. The van der Waals surface area contributed by atoms with Crippen molar-refractivity contribution in [2.45, 2.75) is 0 Å². The quantitative estimate of drug-likeness (QED) is 0.549. The molecule has 0 heterocycles. The van der Waals surface area contributed by atoms with Gasteiger partial charge in [0, 0.05) is 22.5 Å². The number of benzene rings is 2. The molecule has 2 rings (SSSR count). The second kappa shape index (κ2) is 8.20. The van der Waals surface area contributed by atoms with E-state index in [2.05, 4.69) is 10.6 Å². The van der Waals surface area contributed by atoms with Crippen molar-refractivity contribution in [2.75, 3.05) is 10.6 Å². The van der Waals surface area contributed by atoms with Crippen LogP contribution in [0.4, 0.5) is 11.4 Å². The summed E-state index contributed by atoms with van der Waals surface area (Å²) in [5.74, 6) is -1.19. The number of carbonyl (C=O) groups excluding carboxylic acids is 2. The molecule has 0 atom stereocenters. The number of halogens is 2. The molecule has 0 aliphatic heterocycles. The SMILES string of the molecule is N#C/C(=C/Nc1ccc(C(N)=O)cc1)C(=O)Nc1cc(Cl)ccc1Cl. The van der Waals surface area contributed by atoms with Crippen LogP contribution in [0.1, 0.15) is 10.4 Å². The van der Waals surface area contributed by atoms with E-state index in [1.807, 2.05) is 0 Å². The summed E-state index contributed by atoms with van der Waals surface area (Å²) in [6, 6.07) is 12.6. The van der Waals surface area contributed by atoms with Gasteiger partial charge in [0.1, 0.15) is 11.6 Å². The van der Waals surface area contributed by atoms with Gasteiger partial charge in [-0.05, 0) is 42.5 Å². The van der Waals surface area contributed by atoms with Gasteiger partial charge in [-0.1, -0.05) is 23.2 Å². The maximum absolute atomic E-state index is 12.2. The molecule has 0 saturated heterocycles. The van der Waals surface area contributed by atoms with Crippen LogP contribution in [0.25, 0.3) is 0 Å². The molecular formula is C17H12Cl2N4O2. The summed E-state index contributed by atoms with van der Waals surface area (Å²) in [5, 5.41) is 15.2. The van der Waals surface area contributed by atoms with Gasteiger partial charge in [0.2, 0.25) is 5.91 Å². The Morgan fingerprint density at radius 3 is 2.40 bits per heavy atom. The molecule has 4 N–H and O–H groups in total. The largest absolute Gasteiger partial charge is 0.366 e. The summed E-state index contributed by atoms with van der Waals surface area (Å²) in [4.78, 5) is 23.2. The minimum Gasteiger partial charge on any atom is -0.366 e. The normalized spacial score (nSPS) is 10.7. The smallest absolute Gasteiger partial charge is 0.267 e. The molecule has 0 bridgehead atoms. The zero-order valence-electron chi connectivity index (χ0n) is 12.7. The number of nitriles is 1. The van der Waals surface area contributed by atoms with Gasteiger partial charge < -0.3 is 16.4 Å². The molecule has 2 aromatic rings. The lowest BCUT2D eigenvalue weighted by molar-refractivity contribution is -0.112. The van der Waals surface area contributed by atoms with Crippen molar-refractivity contribution in [1.82, 2.24) is 0 Å². The van der Waals surface area contributed by atoms with Crippen LogP contribution in [0.15, 0.2) is 54.2 Å². The lowest BCUT2D eigenvalue weighted by Gasteiger charge is -2.07. The third-order valence-corrected chi connectivity index (χ3v) is 3.66. The molecule has 0 saturated carbocycles. The molecule has 2 amide bonds. The molecule has 6 nitrogen and oxygen atoms in total. The van der Waals surface area contributed by atoms with Crippen molar-refractivity contribution in [3.8, 4) is 6.07 Å². The zero-order chi connectivity index (χ0) is 18.4. The van der Waals surface area contributed by atoms with E-state index in [-0.39, 0.29) is 5.57 Å². The van der Waals surface area contributed by atoms with Gasteiger partial charge in [0.25, 0.3) is 5.91 Å². The predicted octanol–water partition coefficient (Wildman–Crippen LogP) is 3.55. The zero-order valence-corrected chi connectivity index (χ0v) is 14.2. The van der Waals surface area contributed by atoms with E-state index in [1.54, 1.807) is 24.3 Å². The van der Waals surface area contributed by atoms with Crippen LogP contribution in [0.2, 0.25) is 10.0 Å². The summed E-state index contributed by atoms with van der Waals surface area (Å²) in [6.45, 7) is 0. The second-order valence-corrected chi connectivity index (χ2v) is 5.68. The van der Waals surface area contributed by atoms with Crippen LogP contribution in [-0.2, 0) is 4.79 Å². The molecule has 0 radical (unpaired) electrons. The first-order valence-corrected chi connectivity index (χ1v) is 7.69. The van der Waals surface area contributed by atoms with Crippen molar-refractivity contribution in [1.29, 1.82) is 5.26 Å². The van der Waals surface area contributed by atoms with Crippen LogP contribution in [0.3, 0.4) is 0 Å².